The molecular formula is C12H24N2O3S. The van der Waals surface area contributed by atoms with Crippen LogP contribution in [0.2, 0.25) is 0 Å². The van der Waals surface area contributed by atoms with E-state index >= 15 is 0 Å². The number of carbonyl (C=O) groups is 2. The molecule has 0 aliphatic heterocycles. The van der Waals surface area contributed by atoms with Gasteiger partial charge in [-0.2, -0.15) is 11.8 Å². The highest BCUT2D eigenvalue weighted by Crippen LogP contribution is 2.05. The van der Waals surface area contributed by atoms with E-state index < -0.39 is 18.0 Å². The smallest absolute Gasteiger partial charge is 0.326 e. The maximum atomic E-state index is 11.6. The summed E-state index contributed by atoms with van der Waals surface area (Å²) in [6, 6.07) is -1.23. The highest BCUT2D eigenvalue weighted by molar-refractivity contribution is 7.98. The quantitative estimate of drug-likeness (QED) is 0.631. The number of carboxylic acid groups (broad SMARTS) is 1. The zero-order valence-corrected chi connectivity index (χ0v) is 12.3. The van der Waals surface area contributed by atoms with Gasteiger partial charge in [-0.3, -0.25) is 0 Å². The van der Waals surface area contributed by atoms with Gasteiger partial charge in [0.05, 0.1) is 0 Å². The number of urea groups is 1. The Morgan fingerprint density at radius 3 is 2.33 bits per heavy atom. The molecule has 0 rings (SSSR count). The molecule has 5 nitrogen and oxygen atoms in total. The summed E-state index contributed by atoms with van der Waals surface area (Å²) < 4.78 is 0. The van der Waals surface area contributed by atoms with E-state index in [2.05, 4.69) is 10.6 Å². The zero-order valence-electron chi connectivity index (χ0n) is 11.5. The monoisotopic (exact) mass is 276 g/mol. The normalized spacial score (nSPS) is 14.1. The highest BCUT2D eigenvalue weighted by atomic mass is 32.2. The van der Waals surface area contributed by atoms with Gasteiger partial charge in [0.1, 0.15) is 6.04 Å². The van der Waals surface area contributed by atoms with Crippen molar-refractivity contribution in [1.82, 2.24) is 10.6 Å². The van der Waals surface area contributed by atoms with Crippen LogP contribution >= 0.6 is 11.8 Å². The van der Waals surface area contributed by atoms with Gasteiger partial charge in [0.2, 0.25) is 0 Å². The van der Waals surface area contributed by atoms with Crippen LogP contribution < -0.4 is 10.6 Å². The second-order valence-electron chi connectivity index (χ2n) is 4.94. The molecule has 3 N–H and O–H groups in total. The average molecular weight is 276 g/mol. The molecule has 18 heavy (non-hydrogen) atoms. The first-order chi connectivity index (χ1) is 8.36. The number of nitrogens with one attached hydrogen (secondary N) is 2. The first-order valence-corrected chi connectivity index (χ1v) is 7.52. The van der Waals surface area contributed by atoms with E-state index in [4.69, 9.17) is 5.11 Å². The number of carbonyl (C=O) groups excluding carboxylic acids is 1. The molecule has 0 spiro atoms. The van der Waals surface area contributed by atoms with Crippen LogP contribution in [0.4, 0.5) is 4.79 Å². The summed E-state index contributed by atoms with van der Waals surface area (Å²) in [6.07, 6.45) is 2.45. The van der Waals surface area contributed by atoms with Crippen molar-refractivity contribution in [2.75, 3.05) is 18.6 Å². The Morgan fingerprint density at radius 2 is 1.89 bits per heavy atom. The number of hydrogen-bond acceptors (Lipinski definition) is 3. The summed E-state index contributed by atoms with van der Waals surface area (Å²) in [5, 5.41) is 14.2. The van der Waals surface area contributed by atoms with Gasteiger partial charge < -0.3 is 15.7 Å². The zero-order chi connectivity index (χ0) is 14.1. The minimum absolute atomic E-state index is 0.224. The Morgan fingerprint density at radius 1 is 1.28 bits per heavy atom. The van der Waals surface area contributed by atoms with E-state index in [1.54, 1.807) is 11.8 Å². The van der Waals surface area contributed by atoms with E-state index in [9.17, 15) is 9.59 Å². The fraction of sp³-hybridized carbons (Fsp3) is 0.833. The van der Waals surface area contributed by atoms with Crippen LogP contribution in [0.25, 0.3) is 0 Å². The first-order valence-electron chi connectivity index (χ1n) is 6.12. The predicted octanol–water partition coefficient (Wildman–Crippen LogP) is 1.78. The molecule has 0 bridgehead atoms. The highest BCUT2D eigenvalue weighted by Gasteiger charge is 2.20. The van der Waals surface area contributed by atoms with E-state index in [0.29, 0.717) is 18.9 Å². The molecular weight excluding hydrogens is 252 g/mol. The number of carboxylic acids is 1. The maximum absolute atomic E-state index is 11.6. The van der Waals surface area contributed by atoms with Crippen molar-refractivity contribution in [3.8, 4) is 0 Å². The second kappa shape index (κ2) is 9.08. The van der Waals surface area contributed by atoms with Crippen LogP contribution in [-0.4, -0.2) is 41.7 Å². The molecule has 2 atom stereocenters. The van der Waals surface area contributed by atoms with E-state index in [0.717, 1.165) is 5.75 Å². The van der Waals surface area contributed by atoms with Crippen molar-refractivity contribution in [3.63, 3.8) is 0 Å². The Hall–Kier alpha value is -0.910. The van der Waals surface area contributed by atoms with Gasteiger partial charge in [0.25, 0.3) is 0 Å². The molecule has 0 aliphatic rings. The van der Waals surface area contributed by atoms with Gasteiger partial charge in [-0.05, 0) is 30.3 Å². The van der Waals surface area contributed by atoms with Crippen molar-refractivity contribution in [2.24, 2.45) is 11.8 Å². The van der Waals surface area contributed by atoms with Gasteiger partial charge in [-0.25, -0.2) is 9.59 Å². The summed E-state index contributed by atoms with van der Waals surface area (Å²) in [6.45, 7) is 6.45. The van der Waals surface area contributed by atoms with Crippen LogP contribution in [0.3, 0.4) is 0 Å². The van der Waals surface area contributed by atoms with Gasteiger partial charge in [0.15, 0.2) is 0 Å². The Labute approximate surface area is 113 Å². The fourth-order valence-electron chi connectivity index (χ4n) is 1.51. The standard InChI is InChI=1S/C12H24N2O3S/c1-8(2)5-10(11(15)16)14-12(17)13-6-9(3)7-18-4/h8-10H,5-7H2,1-4H3,(H,15,16)(H2,13,14,17)/t9?,10-/m0/s1. The van der Waals surface area contributed by atoms with Crippen LogP contribution in [0.1, 0.15) is 27.2 Å². The van der Waals surface area contributed by atoms with Crippen LogP contribution in [-0.2, 0) is 4.79 Å². The predicted molar refractivity (Wildman–Crippen MR) is 75.0 cm³/mol. The molecule has 0 saturated carbocycles. The van der Waals surface area contributed by atoms with Gasteiger partial charge >= 0.3 is 12.0 Å². The van der Waals surface area contributed by atoms with Gasteiger partial charge in [-0.1, -0.05) is 20.8 Å². The molecule has 0 fully saturated rings. The Bertz CT molecular complexity index is 272. The Balaban J connectivity index is 4.06. The molecule has 0 aromatic rings. The Kier molecular flexibility index (Phi) is 8.62. The summed E-state index contributed by atoms with van der Waals surface area (Å²) in [5.41, 5.74) is 0. The molecule has 2 amide bonds. The third-order valence-electron chi connectivity index (χ3n) is 2.37. The molecule has 0 saturated heterocycles. The van der Waals surface area contributed by atoms with Gasteiger partial charge in [0, 0.05) is 6.54 Å². The molecule has 106 valence electrons. The minimum Gasteiger partial charge on any atom is -0.480 e. The van der Waals surface area contributed by atoms with Crippen LogP contribution in [0, 0.1) is 11.8 Å². The molecule has 0 aliphatic carbocycles. The molecule has 0 heterocycles. The molecule has 0 radical (unpaired) electrons. The lowest BCUT2D eigenvalue weighted by molar-refractivity contribution is -0.139. The number of rotatable bonds is 8. The molecule has 0 aromatic carbocycles. The number of amides is 2. The van der Waals surface area contributed by atoms with Crippen LogP contribution in [0.15, 0.2) is 0 Å². The molecule has 6 heteroatoms. The van der Waals surface area contributed by atoms with E-state index in [-0.39, 0.29) is 5.92 Å². The SMILES string of the molecule is CSCC(C)CNC(=O)N[C@@H](CC(C)C)C(=O)O. The number of thioether (sulfide) groups is 1. The molecule has 0 aromatic heterocycles. The summed E-state index contributed by atoms with van der Waals surface area (Å²) in [4.78, 5) is 22.5. The van der Waals surface area contributed by atoms with Crippen molar-refractivity contribution in [2.45, 2.75) is 33.2 Å². The average Bonchev–Trinajstić information content (AvgIpc) is 2.25. The van der Waals surface area contributed by atoms with E-state index in [1.807, 2.05) is 27.0 Å². The third kappa shape index (κ3) is 8.22. The lowest BCUT2D eigenvalue weighted by Crippen LogP contribution is -2.47. The minimum atomic E-state index is -0.990. The third-order valence-corrected chi connectivity index (χ3v) is 3.28. The van der Waals surface area contributed by atoms with Crippen LogP contribution in [0.5, 0.6) is 0 Å². The first kappa shape index (κ1) is 17.1. The summed E-state index contributed by atoms with van der Waals surface area (Å²) >= 11 is 1.72. The molecule has 1 unspecified atom stereocenters. The van der Waals surface area contributed by atoms with Crippen molar-refractivity contribution in [3.05, 3.63) is 0 Å². The van der Waals surface area contributed by atoms with Crippen molar-refractivity contribution < 1.29 is 14.7 Å². The van der Waals surface area contributed by atoms with Crippen molar-refractivity contribution >= 4 is 23.8 Å². The van der Waals surface area contributed by atoms with Crippen molar-refractivity contribution in [1.29, 1.82) is 0 Å². The van der Waals surface area contributed by atoms with E-state index in [1.165, 1.54) is 0 Å². The lowest BCUT2D eigenvalue weighted by atomic mass is 10.0. The fourth-order valence-corrected chi connectivity index (χ4v) is 2.20. The second-order valence-corrected chi connectivity index (χ2v) is 5.85. The summed E-state index contributed by atoms with van der Waals surface area (Å²) in [5.74, 6) is 0.575. The largest absolute Gasteiger partial charge is 0.480 e. The topological polar surface area (TPSA) is 78.4 Å². The lowest BCUT2D eigenvalue weighted by Gasteiger charge is -2.18. The number of hydrogen-bond donors (Lipinski definition) is 3. The summed E-state index contributed by atoms with van der Waals surface area (Å²) in [7, 11) is 0. The maximum Gasteiger partial charge on any atom is 0.326 e. The van der Waals surface area contributed by atoms with Gasteiger partial charge in [-0.15, -0.1) is 0 Å². The number of aliphatic carboxylic acids is 1.